The zero-order chi connectivity index (χ0) is 21.0. The molecule has 4 N–H and O–H groups in total. The number of primary amides is 1. The van der Waals surface area contributed by atoms with E-state index in [2.05, 4.69) is 0 Å². The lowest BCUT2D eigenvalue weighted by Crippen LogP contribution is -2.25. The highest BCUT2D eigenvalue weighted by Gasteiger charge is 2.37. The van der Waals surface area contributed by atoms with Crippen LogP contribution in [0.3, 0.4) is 0 Å². The van der Waals surface area contributed by atoms with Crippen LogP contribution in [-0.4, -0.2) is 32.7 Å². The van der Waals surface area contributed by atoms with Crippen LogP contribution in [0.5, 0.6) is 11.5 Å². The zero-order valence-corrected chi connectivity index (χ0v) is 16.1. The number of esters is 1. The Kier molecular flexibility index (Phi) is 6.38. The summed E-state index contributed by atoms with van der Waals surface area (Å²) in [5.41, 5.74) is 11.3. The lowest BCUT2D eigenvalue weighted by molar-refractivity contribution is -0.136. The highest BCUT2D eigenvalue weighted by atomic mass is 35.5. The molecule has 1 aromatic rings. The molecular weight excluding hydrogens is 390 g/mol. The predicted molar refractivity (Wildman–Crippen MR) is 98.1 cm³/mol. The monoisotopic (exact) mass is 407 g/mol. The number of halogens is 1. The van der Waals surface area contributed by atoms with E-state index in [9.17, 15) is 14.9 Å². The summed E-state index contributed by atoms with van der Waals surface area (Å²) in [6.45, 7) is 1.14. The second kappa shape index (κ2) is 8.54. The van der Waals surface area contributed by atoms with E-state index in [0.717, 1.165) is 0 Å². The third-order valence-corrected chi connectivity index (χ3v) is 4.30. The standard InChI is InChI=1S/C18H18ClN3O6/c1-8-15(18(24)26-3)16(10(6-20)17(22)28-8)9-4-12(25-2)13(5-11(9)19)27-7-14(21)23/h4-5,16H,7,22H2,1-3H3,(H2,21,23)/t16-/m1/s1. The Morgan fingerprint density at radius 2 is 2.00 bits per heavy atom. The van der Waals surface area contributed by atoms with Crippen LogP contribution in [0, 0.1) is 11.3 Å². The first kappa shape index (κ1) is 20.9. The SMILES string of the molecule is COC(=O)C1=C(C)OC(N)=C(C#N)[C@H]1c1cc(OC)c(OCC(N)=O)cc1Cl. The van der Waals surface area contributed by atoms with E-state index in [0.29, 0.717) is 5.56 Å². The lowest BCUT2D eigenvalue weighted by Gasteiger charge is -2.27. The molecule has 10 heteroatoms. The summed E-state index contributed by atoms with van der Waals surface area (Å²) in [7, 11) is 2.59. The first-order valence-corrected chi connectivity index (χ1v) is 8.28. The molecule has 0 saturated carbocycles. The third-order valence-electron chi connectivity index (χ3n) is 3.97. The number of ether oxygens (including phenoxy) is 4. The number of carbonyl (C=O) groups is 2. The Balaban J connectivity index is 2.67. The average molecular weight is 408 g/mol. The number of hydrogen-bond donors (Lipinski definition) is 2. The van der Waals surface area contributed by atoms with Crippen molar-refractivity contribution in [2.45, 2.75) is 12.8 Å². The molecule has 1 atom stereocenters. The van der Waals surface area contributed by atoms with Gasteiger partial charge >= 0.3 is 5.97 Å². The fourth-order valence-corrected chi connectivity index (χ4v) is 3.02. The van der Waals surface area contributed by atoms with Gasteiger partial charge in [-0.1, -0.05) is 11.6 Å². The average Bonchev–Trinajstić information content (AvgIpc) is 2.65. The van der Waals surface area contributed by atoms with Gasteiger partial charge in [0, 0.05) is 11.1 Å². The molecule has 0 radical (unpaired) electrons. The van der Waals surface area contributed by atoms with Crippen molar-refractivity contribution in [2.75, 3.05) is 20.8 Å². The fourth-order valence-electron chi connectivity index (χ4n) is 2.76. The minimum atomic E-state index is -0.946. The first-order valence-electron chi connectivity index (χ1n) is 7.90. The molecule has 9 nitrogen and oxygen atoms in total. The summed E-state index contributed by atoms with van der Waals surface area (Å²) in [5.74, 6) is -1.92. The number of methoxy groups -OCH3 is 2. The summed E-state index contributed by atoms with van der Waals surface area (Å²) in [5, 5.41) is 9.72. The Labute approximate surface area is 166 Å². The topological polar surface area (TPSA) is 147 Å². The predicted octanol–water partition coefficient (Wildman–Crippen LogP) is 1.47. The van der Waals surface area contributed by atoms with E-state index in [1.807, 2.05) is 6.07 Å². The van der Waals surface area contributed by atoms with Gasteiger partial charge < -0.3 is 30.4 Å². The first-order chi connectivity index (χ1) is 13.2. The minimum absolute atomic E-state index is 0.0132. The number of rotatable bonds is 6. The number of nitrogens with zero attached hydrogens (tertiary/aromatic N) is 1. The molecule has 1 aromatic carbocycles. The van der Waals surface area contributed by atoms with Gasteiger partial charge in [0.05, 0.1) is 25.7 Å². The maximum atomic E-state index is 12.4. The van der Waals surface area contributed by atoms with E-state index < -0.39 is 17.8 Å². The zero-order valence-electron chi connectivity index (χ0n) is 15.4. The smallest absolute Gasteiger partial charge is 0.338 e. The molecule has 0 spiro atoms. The van der Waals surface area contributed by atoms with Gasteiger partial charge in [-0.15, -0.1) is 0 Å². The third kappa shape index (κ3) is 3.97. The second-order valence-electron chi connectivity index (χ2n) is 5.67. The van der Waals surface area contributed by atoms with E-state index >= 15 is 0 Å². The van der Waals surface area contributed by atoms with Crippen molar-refractivity contribution in [3.05, 3.63) is 45.5 Å². The van der Waals surface area contributed by atoms with Crippen molar-refractivity contribution in [2.24, 2.45) is 11.5 Å². The van der Waals surface area contributed by atoms with Gasteiger partial charge in [-0.05, 0) is 18.6 Å². The number of nitriles is 1. The second-order valence-corrected chi connectivity index (χ2v) is 6.07. The van der Waals surface area contributed by atoms with Gasteiger partial charge in [0.25, 0.3) is 5.91 Å². The Bertz CT molecular complexity index is 932. The summed E-state index contributed by atoms with van der Waals surface area (Å²) in [4.78, 5) is 23.3. The number of amides is 1. The molecule has 1 amide bonds. The van der Waals surface area contributed by atoms with Crippen LogP contribution in [0.4, 0.5) is 0 Å². The summed E-state index contributed by atoms with van der Waals surface area (Å²) in [6.07, 6.45) is 0. The molecule has 2 rings (SSSR count). The summed E-state index contributed by atoms with van der Waals surface area (Å²) >= 11 is 6.40. The number of carbonyl (C=O) groups excluding carboxylic acids is 2. The molecule has 1 heterocycles. The van der Waals surface area contributed by atoms with Crippen molar-refractivity contribution >= 4 is 23.5 Å². The van der Waals surface area contributed by atoms with Crippen LogP contribution in [0.1, 0.15) is 18.4 Å². The van der Waals surface area contributed by atoms with Crippen LogP contribution in [0.25, 0.3) is 0 Å². The number of benzene rings is 1. The Hall–Kier alpha value is -3.38. The molecule has 1 aliphatic heterocycles. The molecule has 0 aromatic heterocycles. The van der Waals surface area contributed by atoms with Crippen LogP contribution < -0.4 is 20.9 Å². The van der Waals surface area contributed by atoms with Crippen molar-refractivity contribution in [3.63, 3.8) is 0 Å². The summed E-state index contributed by atoms with van der Waals surface area (Å²) < 4.78 is 20.7. The molecule has 0 fully saturated rings. The van der Waals surface area contributed by atoms with Gasteiger partial charge in [0.1, 0.15) is 17.4 Å². The number of allylic oxidation sites excluding steroid dienone is 2. The van der Waals surface area contributed by atoms with E-state index in [-0.39, 0.29) is 45.9 Å². The van der Waals surface area contributed by atoms with Gasteiger partial charge in [-0.2, -0.15) is 5.26 Å². The largest absolute Gasteiger partial charge is 0.493 e. The molecule has 0 bridgehead atoms. The summed E-state index contributed by atoms with van der Waals surface area (Å²) in [6, 6.07) is 4.82. The Morgan fingerprint density at radius 3 is 2.54 bits per heavy atom. The van der Waals surface area contributed by atoms with Gasteiger partial charge in [-0.3, -0.25) is 4.79 Å². The van der Waals surface area contributed by atoms with Gasteiger partial charge in [-0.25, -0.2) is 4.79 Å². The molecular formula is C18H18ClN3O6. The molecule has 0 unspecified atom stereocenters. The van der Waals surface area contributed by atoms with Gasteiger partial charge in [0.15, 0.2) is 18.1 Å². The highest BCUT2D eigenvalue weighted by Crippen LogP contribution is 2.45. The van der Waals surface area contributed by atoms with E-state index in [1.165, 1.54) is 33.3 Å². The lowest BCUT2D eigenvalue weighted by atomic mass is 9.83. The van der Waals surface area contributed by atoms with E-state index in [1.54, 1.807) is 0 Å². The maximum absolute atomic E-state index is 12.4. The highest BCUT2D eigenvalue weighted by molar-refractivity contribution is 6.31. The number of hydrogen-bond acceptors (Lipinski definition) is 8. The molecule has 1 aliphatic rings. The Morgan fingerprint density at radius 1 is 1.32 bits per heavy atom. The van der Waals surface area contributed by atoms with Crippen molar-refractivity contribution < 1.29 is 28.5 Å². The van der Waals surface area contributed by atoms with Crippen LogP contribution in [0.15, 0.2) is 34.9 Å². The van der Waals surface area contributed by atoms with Crippen molar-refractivity contribution in [3.8, 4) is 17.6 Å². The minimum Gasteiger partial charge on any atom is -0.493 e. The molecule has 0 aliphatic carbocycles. The number of nitrogens with two attached hydrogens (primary N) is 2. The molecule has 0 saturated heterocycles. The molecule has 148 valence electrons. The van der Waals surface area contributed by atoms with Crippen LogP contribution in [0.2, 0.25) is 5.02 Å². The van der Waals surface area contributed by atoms with Crippen LogP contribution >= 0.6 is 11.6 Å². The van der Waals surface area contributed by atoms with Crippen LogP contribution in [-0.2, 0) is 19.1 Å². The molecule has 28 heavy (non-hydrogen) atoms. The van der Waals surface area contributed by atoms with Crippen molar-refractivity contribution in [1.29, 1.82) is 5.26 Å². The van der Waals surface area contributed by atoms with Crippen molar-refractivity contribution in [1.82, 2.24) is 0 Å². The maximum Gasteiger partial charge on any atom is 0.338 e. The van der Waals surface area contributed by atoms with E-state index in [4.69, 9.17) is 42.0 Å². The normalized spacial score (nSPS) is 16.2. The quantitative estimate of drug-likeness (QED) is 0.673. The van der Waals surface area contributed by atoms with Gasteiger partial charge in [0.2, 0.25) is 5.88 Å². The fraction of sp³-hybridized carbons (Fsp3) is 0.278.